The molecule has 1 fully saturated rings. The number of benzene rings is 2. The van der Waals surface area contributed by atoms with Gasteiger partial charge < -0.3 is 14.8 Å². The lowest BCUT2D eigenvalue weighted by molar-refractivity contribution is -0.126. The normalized spacial score (nSPS) is 15.5. The molecule has 2 aromatic carbocycles. The molecule has 162 valence electrons. The van der Waals surface area contributed by atoms with Crippen molar-refractivity contribution in [2.24, 2.45) is 5.92 Å². The van der Waals surface area contributed by atoms with Crippen molar-refractivity contribution in [1.82, 2.24) is 9.62 Å². The lowest BCUT2D eigenvalue weighted by Crippen LogP contribution is -2.42. The van der Waals surface area contributed by atoms with Gasteiger partial charge in [0.05, 0.1) is 18.6 Å². The van der Waals surface area contributed by atoms with E-state index in [2.05, 4.69) is 5.32 Å². The van der Waals surface area contributed by atoms with Crippen LogP contribution in [0.5, 0.6) is 11.5 Å². The van der Waals surface area contributed by atoms with Crippen molar-refractivity contribution >= 4 is 15.9 Å². The summed E-state index contributed by atoms with van der Waals surface area (Å²) in [5.74, 6) is 1.15. The van der Waals surface area contributed by atoms with Gasteiger partial charge in [-0.3, -0.25) is 4.79 Å². The lowest BCUT2D eigenvalue weighted by atomic mass is 9.97. The number of carbonyl (C=O) groups excluding carboxylic acids is 1. The van der Waals surface area contributed by atoms with Crippen LogP contribution in [0.1, 0.15) is 25.3 Å². The Kier molecular flexibility index (Phi) is 7.33. The molecule has 7 nitrogen and oxygen atoms in total. The number of hydrogen-bond donors (Lipinski definition) is 1. The zero-order valence-electron chi connectivity index (χ0n) is 17.3. The Morgan fingerprint density at radius 2 is 1.80 bits per heavy atom. The highest BCUT2D eigenvalue weighted by molar-refractivity contribution is 7.89. The zero-order chi connectivity index (χ0) is 21.6. The van der Waals surface area contributed by atoms with Crippen molar-refractivity contribution in [3.63, 3.8) is 0 Å². The maximum Gasteiger partial charge on any atom is 0.243 e. The first-order chi connectivity index (χ1) is 14.4. The molecule has 0 radical (unpaired) electrons. The third kappa shape index (κ3) is 5.31. The van der Waals surface area contributed by atoms with Gasteiger partial charge in [-0.05, 0) is 61.7 Å². The fourth-order valence-corrected chi connectivity index (χ4v) is 4.97. The van der Waals surface area contributed by atoms with Gasteiger partial charge in [-0.2, -0.15) is 4.31 Å². The van der Waals surface area contributed by atoms with E-state index in [-0.39, 0.29) is 16.7 Å². The Bertz CT molecular complexity index is 952. The number of methoxy groups -OCH3 is 1. The van der Waals surface area contributed by atoms with Crippen LogP contribution in [-0.2, 0) is 21.4 Å². The topological polar surface area (TPSA) is 84.9 Å². The van der Waals surface area contributed by atoms with Crippen LogP contribution in [0.25, 0.3) is 0 Å². The van der Waals surface area contributed by atoms with E-state index < -0.39 is 10.0 Å². The average Bonchev–Trinajstić information content (AvgIpc) is 2.78. The first-order valence-electron chi connectivity index (χ1n) is 10.1. The predicted octanol–water partition coefficient (Wildman–Crippen LogP) is 2.81. The summed E-state index contributed by atoms with van der Waals surface area (Å²) in [7, 11) is -2.03. The molecular formula is C22H28N2O5S. The maximum atomic E-state index is 12.8. The Morgan fingerprint density at radius 1 is 1.10 bits per heavy atom. The van der Waals surface area contributed by atoms with Crippen LogP contribution in [0.15, 0.2) is 53.4 Å². The highest BCUT2D eigenvalue weighted by Crippen LogP contribution is 2.25. The number of nitrogens with zero attached hydrogens (tertiary/aromatic N) is 1. The molecule has 30 heavy (non-hydrogen) atoms. The maximum absolute atomic E-state index is 12.8. The van der Waals surface area contributed by atoms with Gasteiger partial charge in [0.25, 0.3) is 0 Å². The molecule has 0 unspecified atom stereocenters. The van der Waals surface area contributed by atoms with Gasteiger partial charge >= 0.3 is 0 Å². The van der Waals surface area contributed by atoms with Crippen molar-refractivity contribution < 1.29 is 22.7 Å². The highest BCUT2D eigenvalue weighted by Gasteiger charge is 2.32. The molecule has 1 amide bonds. The fraction of sp³-hybridized carbons (Fsp3) is 0.409. The Labute approximate surface area is 178 Å². The van der Waals surface area contributed by atoms with Crippen LogP contribution in [-0.4, -0.2) is 45.4 Å². The van der Waals surface area contributed by atoms with Gasteiger partial charge in [0.2, 0.25) is 15.9 Å². The minimum atomic E-state index is -3.57. The van der Waals surface area contributed by atoms with E-state index >= 15 is 0 Å². The number of piperidine rings is 1. The molecule has 1 saturated heterocycles. The highest BCUT2D eigenvalue weighted by atomic mass is 32.2. The molecule has 1 heterocycles. The summed E-state index contributed by atoms with van der Waals surface area (Å²) in [6.45, 7) is 3.59. The van der Waals surface area contributed by atoms with Gasteiger partial charge in [-0.1, -0.05) is 12.1 Å². The molecule has 1 aliphatic heterocycles. The van der Waals surface area contributed by atoms with Crippen LogP contribution < -0.4 is 14.8 Å². The molecule has 0 atom stereocenters. The summed E-state index contributed by atoms with van der Waals surface area (Å²) in [5, 5.41) is 2.96. The molecule has 3 rings (SSSR count). The summed E-state index contributed by atoms with van der Waals surface area (Å²) in [6, 6.07) is 14.0. The lowest BCUT2D eigenvalue weighted by Gasteiger charge is -2.30. The number of amides is 1. The van der Waals surface area contributed by atoms with Crippen molar-refractivity contribution in [2.75, 3.05) is 26.8 Å². The summed E-state index contributed by atoms with van der Waals surface area (Å²) < 4.78 is 37.7. The van der Waals surface area contributed by atoms with Crippen molar-refractivity contribution in [3.05, 3.63) is 54.1 Å². The Hall–Kier alpha value is -2.58. The second-order valence-electron chi connectivity index (χ2n) is 7.15. The Balaban J connectivity index is 1.53. The minimum Gasteiger partial charge on any atom is -0.497 e. The van der Waals surface area contributed by atoms with Crippen molar-refractivity contribution in [1.29, 1.82) is 0 Å². The summed E-state index contributed by atoms with van der Waals surface area (Å²) in [5.41, 5.74) is 0.966. The third-order valence-corrected chi connectivity index (χ3v) is 7.11. The quantitative estimate of drug-likeness (QED) is 0.693. The van der Waals surface area contributed by atoms with E-state index in [1.54, 1.807) is 24.3 Å². The van der Waals surface area contributed by atoms with E-state index in [0.717, 1.165) is 11.3 Å². The van der Waals surface area contributed by atoms with Crippen LogP contribution in [0.2, 0.25) is 0 Å². The van der Waals surface area contributed by atoms with Crippen LogP contribution in [0, 0.1) is 5.92 Å². The summed E-state index contributed by atoms with van der Waals surface area (Å²) >= 11 is 0. The largest absolute Gasteiger partial charge is 0.497 e. The number of sulfonamides is 1. The third-order valence-electron chi connectivity index (χ3n) is 5.20. The van der Waals surface area contributed by atoms with Gasteiger partial charge in [-0.25, -0.2) is 8.42 Å². The summed E-state index contributed by atoms with van der Waals surface area (Å²) in [6.07, 6.45) is 1.00. The van der Waals surface area contributed by atoms with E-state index in [4.69, 9.17) is 9.47 Å². The molecule has 0 bridgehead atoms. The molecular weight excluding hydrogens is 404 g/mol. The number of nitrogens with one attached hydrogen (secondary N) is 1. The number of rotatable bonds is 8. The second kappa shape index (κ2) is 9.95. The fourth-order valence-electron chi connectivity index (χ4n) is 3.50. The zero-order valence-corrected chi connectivity index (χ0v) is 18.2. The smallest absolute Gasteiger partial charge is 0.243 e. The van der Waals surface area contributed by atoms with Gasteiger partial charge in [0.15, 0.2) is 0 Å². The number of carbonyl (C=O) groups is 1. The molecule has 8 heteroatoms. The van der Waals surface area contributed by atoms with E-state index in [1.165, 1.54) is 11.4 Å². The Morgan fingerprint density at radius 3 is 2.43 bits per heavy atom. The van der Waals surface area contributed by atoms with Crippen molar-refractivity contribution in [3.8, 4) is 11.5 Å². The van der Waals surface area contributed by atoms with Crippen LogP contribution in [0.4, 0.5) is 0 Å². The van der Waals surface area contributed by atoms with E-state index in [9.17, 15) is 13.2 Å². The minimum absolute atomic E-state index is 0.0432. The van der Waals surface area contributed by atoms with Crippen LogP contribution >= 0.6 is 0 Å². The molecule has 2 aromatic rings. The van der Waals surface area contributed by atoms with Crippen LogP contribution in [0.3, 0.4) is 0 Å². The molecule has 1 aliphatic rings. The SMILES string of the molecule is CCOc1cccc(CNC(=O)C2CCN(S(=O)(=O)c3ccc(OC)cc3)CC2)c1. The molecule has 0 aliphatic carbocycles. The van der Waals surface area contributed by atoms with E-state index in [0.29, 0.717) is 44.8 Å². The van der Waals surface area contributed by atoms with Crippen molar-refractivity contribution in [2.45, 2.75) is 31.2 Å². The van der Waals surface area contributed by atoms with E-state index in [1.807, 2.05) is 31.2 Å². The molecule has 0 aromatic heterocycles. The first kappa shape index (κ1) is 22.1. The van der Waals surface area contributed by atoms with Gasteiger partial charge in [-0.15, -0.1) is 0 Å². The monoisotopic (exact) mass is 432 g/mol. The molecule has 0 spiro atoms. The average molecular weight is 433 g/mol. The number of ether oxygens (including phenoxy) is 2. The first-order valence-corrected chi connectivity index (χ1v) is 11.5. The standard InChI is InChI=1S/C22H28N2O5S/c1-3-29-20-6-4-5-17(15-20)16-23-22(25)18-11-13-24(14-12-18)30(26,27)21-9-7-19(28-2)8-10-21/h4-10,15,18H,3,11-14,16H2,1-2H3,(H,23,25). The van der Waals surface area contributed by atoms with Gasteiger partial charge in [0.1, 0.15) is 11.5 Å². The predicted molar refractivity (Wildman–Crippen MR) is 114 cm³/mol. The molecule has 0 saturated carbocycles. The van der Waals surface area contributed by atoms with Gasteiger partial charge in [0, 0.05) is 25.6 Å². The molecule has 1 N–H and O–H groups in total. The second-order valence-corrected chi connectivity index (χ2v) is 9.09. The number of hydrogen-bond acceptors (Lipinski definition) is 5. The summed E-state index contributed by atoms with van der Waals surface area (Å²) in [4.78, 5) is 12.8.